The quantitative estimate of drug-likeness (QED) is 0.736. The smallest absolute Gasteiger partial charge is 0.260 e. The summed E-state index contributed by atoms with van der Waals surface area (Å²) in [5, 5.41) is 2.17. The molecule has 1 N–H and O–H groups in total. The molecular formula is C21H24N4O2S. The van der Waals surface area contributed by atoms with Crippen molar-refractivity contribution in [2.45, 2.75) is 32.4 Å². The van der Waals surface area contributed by atoms with Crippen LogP contribution < -0.4 is 5.56 Å². The second-order valence-electron chi connectivity index (χ2n) is 7.49. The molecule has 0 bridgehead atoms. The summed E-state index contributed by atoms with van der Waals surface area (Å²) in [6.45, 7) is 4.44. The zero-order valence-electron chi connectivity index (χ0n) is 16.1. The number of hydrogen-bond acceptors (Lipinski definition) is 5. The van der Waals surface area contributed by atoms with Gasteiger partial charge in [0.2, 0.25) is 0 Å². The van der Waals surface area contributed by atoms with Crippen LogP contribution in [-0.4, -0.2) is 51.9 Å². The van der Waals surface area contributed by atoms with Gasteiger partial charge in [0.25, 0.3) is 11.5 Å². The Morgan fingerprint density at radius 1 is 1.36 bits per heavy atom. The average Bonchev–Trinajstić information content (AvgIpc) is 3.13. The van der Waals surface area contributed by atoms with E-state index in [1.54, 1.807) is 5.38 Å². The Labute approximate surface area is 167 Å². The van der Waals surface area contributed by atoms with Gasteiger partial charge in [-0.15, -0.1) is 11.3 Å². The maximum absolute atomic E-state index is 13.0. The molecule has 28 heavy (non-hydrogen) atoms. The number of nitrogens with zero attached hydrogens (tertiary/aromatic N) is 3. The highest BCUT2D eigenvalue weighted by Gasteiger charge is 2.28. The number of hydrogen-bond donors (Lipinski definition) is 1. The minimum absolute atomic E-state index is 0.0652. The lowest BCUT2D eigenvalue weighted by atomic mass is 10.0. The van der Waals surface area contributed by atoms with E-state index in [4.69, 9.17) is 0 Å². The van der Waals surface area contributed by atoms with E-state index in [0.717, 1.165) is 19.4 Å². The Hall–Kier alpha value is -2.51. The fourth-order valence-electron chi connectivity index (χ4n) is 3.95. The largest absolute Gasteiger partial charge is 0.338 e. The molecule has 0 atom stereocenters. The first-order chi connectivity index (χ1) is 13.5. The van der Waals surface area contributed by atoms with E-state index in [-0.39, 0.29) is 11.5 Å². The van der Waals surface area contributed by atoms with Crippen LogP contribution in [-0.2, 0) is 6.54 Å². The van der Waals surface area contributed by atoms with E-state index in [9.17, 15) is 9.59 Å². The molecule has 0 saturated carbocycles. The molecule has 1 aliphatic heterocycles. The van der Waals surface area contributed by atoms with Crippen molar-refractivity contribution in [3.8, 4) is 0 Å². The Bertz CT molecular complexity index is 1050. The van der Waals surface area contributed by atoms with Gasteiger partial charge in [-0.1, -0.05) is 29.8 Å². The first-order valence-electron chi connectivity index (χ1n) is 9.53. The van der Waals surface area contributed by atoms with Gasteiger partial charge < -0.3 is 9.88 Å². The third-order valence-electron chi connectivity index (χ3n) is 5.50. The average molecular weight is 397 g/mol. The molecule has 1 amide bonds. The summed E-state index contributed by atoms with van der Waals surface area (Å²) in [5.74, 6) is -0.0652. The van der Waals surface area contributed by atoms with Gasteiger partial charge in [-0.3, -0.25) is 14.5 Å². The van der Waals surface area contributed by atoms with E-state index in [1.807, 2.05) is 4.90 Å². The number of piperidine rings is 1. The number of amides is 1. The third kappa shape index (κ3) is 3.72. The molecule has 3 heterocycles. The number of benzene rings is 1. The van der Waals surface area contributed by atoms with Crippen LogP contribution in [0.2, 0.25) is 0 Å². The second-order valence-corrected chi connectivity index (χ2v) is 8.35. The predicted molar refractivity (Wildman–Crippen MR) is 112 cm³/mol. The number of likely N-dealkylation sites (tertiary alicyclic amines) is 1. The van der Waals surface area contributed by atoms with E-state index < -0.39 is 0 Å². The molecule has 146 valence electrons. The van der Waals surface area contributed by atoms with Crippen molar-refractivity contribution in [3.05, 3.63) is 63.0 Å². The van der Waals surface area contributed by atoms with Gasteiger partial charge in [0.1, 0.15) is 4.83 Å². The van der Waals surface area contributed by atoms with E-state index in [1.165, 1.54) is 28.8 Å². The zero-order chi connectivity index (χ0) is 19.7. The number of aromatic amines is 1. The minimum Gasteiger partial charge on any atom is -0.338 e. The number of thiophene rings is 1. The van der Waals surface area contributed by atoms with Crippen molar-refractivity contribution in [2.75, 3.05) is 20.1 Å². The molecule has 1 fully saturated rings. The van der Waals surface area contributed by atoms with Gasteiger partial charge in [-0.05, 0) is 32.4 Å². The van der Waals surface area contributed by atoms with Crippen LogP contribution in [0.3, 0.4) is 0 Å². The fraction of sp³-hybridized carbons (Fsp3) is 0.381. The van der Waals surface area contributed by atoms with Crippen LogP contribution in [0.15, 0.2) is 40.8 Å². The number of rotatable bonds is 4. The summed E-state index contributed by atoms with van der Waals surface area (Å²) < 4.78 is 0. The van der Waals surface area contributed by atoms with Crippen LogP contribution >= 0.6 is 11.3 Å². The molecule has 1 aromatic carbocycles. The molecule has 7 heteroatoms. The first kappa shape index (κ1) is 18.8. The number of aryl methyl sites for hydroxylation is 1. The van der Waals surface area contributed by atoms with E-state index in [2.05, 4.69) is 53.1 Å². The molecule has 0 radical (unpaired) electrons. The first-order valence-corrected chi connectivity index (χ1v) is 10.4. The van der Waals surface area contributed by atoms with Gasteiger partial charge in [0, 0.05) is 31.1 Å². The van der Waals surface area contributed by atoms with Crippen LogP contribution in [0.4, 0.5) is 0 Å². The van der Waals surface area contributed by atoms with Gasteiger partial charge in [-0.25, -0.2) is 4.98 Å². The topological polar surface area (TPSA) is 69.3 Å². The summed E-state index contributed by atoms with van der Waals surface area (Å²) in [6, 6.07) is 9.05. The van der Waals surface area contributed by atoms with E-state index >= 15 is 0 Å². The maximum Gasteiger partial charge on any atom is 0.260 e. The Morgan fingerprint density at radius 3 is 2.89 bits per heavy atom. The summed E-state index contributed by atoms with van der Waals surface area (Å²) in [5.41, 5.74) is 2.82. The van der Waals surface area contributed by atoms with Gasteiger partial charge in [0.05, 0.1) is 17.3 Å². The molecule has 0 unspecified atom stereocenters. The van der Waals surface area contributed by atoms with Crippen molar-refractivity contribution in [1.82, 2.24) is 19.8 Å². The highest BCUT2D eigenvalue weighted by molar-refractivity contribution is 7.17. The van der Waals surface area contributed by atoms with Crippen molar-refractivity contribution in [2.24, 2.45) is 0 Å². The highest BCUT2D eigenvalue weighted by Crippen LogP contribution is 2.24. The summed E-state index contributed by atoms with van der Waals surface area (Å²) in [4.78, 5) is 36.7. The number of fused-ring (bicyclic) bond motifs is 1. The standard InChI is InChI=1S/C21H24N4O2S/c1-14-4-3-5-15(10-14)11-24(2)16-6-8-25(9-7-16)21(27)17-12-28-20-18(17)19(26)22-13-23-20/h3-5,10,12-13,16H,6-9,11H2,1-2H3,(H,22,23,26). The molecule has 2 aromatic heterocycles. The highest BCUT2D eigenvalue weighted by atomic mass is 32.1. The molecule has 0 aliphatic carbocycles. The van der Waals surface area contributed by atoms with E-state index in [0.29, 0.717) is 34.9 Å². The van der Waals surface area contributed by atoms with Gasteiger partial charge >= 0.3 is 0 Å². The number of carbonyl (C=O) groups is 1. The molecule has 1 aliphatic rings. The van der Waals surface area contributed by atoms with Crippen molar-refractivity contribution >= 4 is 27.5 Å². The number of aromatic nitrogens is 2. The zero-order valence-corrected chi connectivity index (χ0v) is 17.0. The molecule has 6 nitrogen and oxygen atoms in total. The predicted octanol–water partition coefficient (Wildman–Crippen LogP) is 3.03. The molecule has 0 spiro atoms. The SMILES string of the molecule is Cc1cccc(CN(C)C2CCN(C(=O)c3csc4nc[nH]c(=O)c34)CC2)c1. The van der Waals surface area contributed by atoms with Crippen LogP contribution in [0.25, 0.3) is 10.2 Å². The monoisotopic (exact) mass is 396 g/mol. The summed E-state index contributed by atoms with van der Waals surface area (Å²) in [6.07, 6.45) is 3.25. The van der Waals surface area contributed by atoms with Crippen LogP contribution in [0, 0.1) is 6.92 Å². The fourth-order valence-corrected chi connectivity index (χ4v) is 4.83. The second kappa shape index (κ2) is 7.85. The van der Waals surface area contributed by atoms with Gasteiger partial charge in [0.15, 0.2) is 0 Å². The normalized spacial score (nSPS) is 15.5. The molecule has 1 saturated heterocycles. The van der Waals surface area contributed by atoms with Crippen molar-refractivity contribution in [3.63, 3.8) is 0 Å². The lowest BCUT2D eigenvalue weighted by molar-refractivity contribution is 0.0642. The molecular weight excluding hydrogens is 372 g/mol. The van der Waals surface area contributed by atoms with Crippen molar-refractivity contribution in [1.29, 1.82) is 0 Å². The van der Waals surface area contributed by atoms with Crippen molar-refractivity contribution < 1.29 is 4.79 Å². The molecule has 3 aromatic rings. The van der Waals surface area contributed by atoms with Crippen LogP contribution in [0.5, 0.6) is 0 Å². The summed E-state index contributed by atoms with van der Waals surface area (Å²) >= 11 is 1.34. The van der Waals surface area contributed by atoms with Gasteiger partial charge in [-0.2, -0.15) is 0 Å². The number of carbonyl (C=O) groups excluding carboxylic acids is 1. The summed E-state index contributed by atoms with van der Waals surface area (Å²) in [7, 11) is 2.15. The maximum atomic E-state index is 13.0. The lowest BCUT2D eigenvalue weighted by Gasteiger charge is -2.36. The van der Waals surface area contributed by atoms with Crippen LogP contribution in [0.1, 0.15) is 34.3 Å². The molecule has 4 rings (SSSR count). The third-order valence-corrected chi connectivity index (χ3v) is 6.38. The number of H-pyrrole nitrogens is 1. The minimum atomic E-state index is -0.248. The number of nitrogens with one attached hydrogen (secondary N) is 1. The Balaban J connectivity index is 1.41. The Morgan fingerprint density at radius 2 is 2.14 bits per heavy atom. The Kier molecular flexibility index (Phi) is 5.28. The lowest BCUT2D eigenvalue weighted by Crippen LogP contribution is -2.45.